The number of nitrogens with one attached hydrogen (secondary N) is 1. The van der Waals surface area contributed by atoms with E-state index in [1.807, 2.05) is 0 Å². The fourth-order valence-corrected chi connectivity index (χ4v) is 1.61. The lowest BCUT2D eigenvalue weighted by Crippen LogP contribution is -2.24. The first-order valence-electron chi connectivity index (χ1n) is 5.58. The molecule has 0 aromatic heterocycles. The maximum Gasteiger partial charge on any atom is 0.254 e. The zero-order chi connectivity index (χ0) is 13.8. The number of halogens is 2. The van der Waals surface area contributed by atoms with Crippen LogP contribution in [0.5, 0.6) is 5.75 Å². The van der Waals surface area contributed by atoms with E-state index in [1.165, 1.54) is 18.2 Å². The molecule has 98 valence electrons. The van der Waals surface area contributed by atoms with E-state index in [2.05, 4.69) is 5.32 Å². The van der Waals surface area contributed by atoms with Crippen LogP contribution in [0.3, 0.4) is 0 Å². The predicted molar refractivity (Wildman–Crippen MR) is 65.6 cm³/mol. The second-order valence-electron chi connectivity index (χ2n) is 3.91. The third-order valence-electron chi connectivity index (χ3n) is 2.63. The molecule has 0 unspecified atom stereocenters. The molecule has 0 atom stereocenters. The van der Waals surface area contributed by atoms with Crippen molar-refractivity contribution in [2.75, 3.05) is 0 Å². The summed E-state index contributed by atoms with van der Waals surface area (Å²) in [5.74, 6) is -2.96. The van der Waals surface area contributed by atoms with Crippen LogP contribution in [0.1, 0.15) is 15.9 Å². The molecule has 0 aliphatic heterocycles. The highest BCUT2D eigenvalue weighted by Gasteiger charge is 2.14. The zero-order valence-electron chi connectivity index (χ0n) is 9.86. The molecule has 1 amide bonds. The van der Waals surface area contributed by atoms with Gasteiger partial charge in [-0.1, -0.05) is 24.3 Å². The molecule has 5 heteroatoms. The summed E-state index contributed by atoms with van der Waals surface area (Å²) in [6.07, 6.45) is 0. The quantitative estimate of drug-likeness (QED) is 0.894. The lowest BCUT2D eigenvalue weighted by molar-refractivity contribution is 0.0945. The zero-order valence-corrected chi connectivity index (χ0v) is 9.86. The van der Waals surface area contributed by atoms with Crippen molar-refractivity contribution in [2.45, 2.75) is 6.54 Å². The van der Waals surface area contributed by atoms with Crippen LogP contribution < -0.4 is 5.32 Å². The largest absolute Gasteiger partial charge is 0.508 e. The Kier molecular flexibility index (Phi) is 3.75. The van der Waals surface area contributed by atoms with Crippen molar-refractivity contribution in [1.29, 1.82) is 0 Å². The highest BCUT2D eigenvalue weighted by atomic mass is 19.2. The van der Waals surface area contributed by atoms with Crippen LogP contribution in [-0.2, 0) is 6.54 Å². The Morgan fingerprint density at radius 3 is 2.58 bits per heavy atom. The Hall–Kier alpha value is -2.43. The number of hydrogen-bond acceptors (Lipinski definition) is 2. The summed E-state index contributed by atoms with van der Waals surface area (Å²) in [6.45, 7) is 0.0292. The van der Waals surface area contributed by atoms with Gasteiger partial charge in [-0.15, -0.1) is 0 Å². The summed E-state index contributed by atoms with van der Waals surface area (Å²) < 4.78 is 26.3. The third-order valence-corrected chi connectivity index (χ3v) is 2.63. The summed E-state index contributed by atoms with van der Waals surface area (Å²) in [7, 11) is 0. The topological polar surface area (TPSA) is 49.3 Å². The van der Waals surface area contributed by atoms with E-state index >= 15 is 0 Å². The summed E-state index contributed by atoms with van der Waals surface area (Å²) in [4.78, 5) is 11.7. The molecule has 0 spiro atoms. The minimum Gasteiger partial charge on any atom is -0.508 e. The SMILES string of the molecule is O=C(NCc1ccccc1O)c1cccc(F)c1F. The highest BCUT2D eigenvalue weighted by molar-refractivity contribution is 5.94. The molecule has 2 aromatic rings. The van der Waals surface area contributed by atoms with Gasteiger partial charge in [0.1, 0.15) is 5.75 Å². The normalized spacial score (nSPS) is 10.2. The van der Waals surface area contributed by atoms with E-state index in [1.54, 1.807) is 18.2 Å². The second-order valence-corrected chi connectivity index (χ2v) is 3.91. The summed E-state index contributed by atoms with van der Waals surface area (Å²) in [5.41, 5.74) is 0.128. The van der Waals surface area contributed by atoms with E-state index in [9.17, 15) is 18.7 Å². The van der Waals surface area contributed by atoms with Gasteiger partial charge in [0.05, 0.1) is 5.56 Å². The van der Waals surface area contributed by atoms with E-state index in [0.717, 1.165) is 6.07 Å². The minimum atomic E-state index is -1.18. The standard InChI is InChI=1S/C14H11F2NO2/c15-11-6-3-5-10(13(11)16)14(19)17-8-9-4-1-2-7-12(9)18/h1-7,18H,8H2,(H,17,19). The minimum absolute atomic E-state index is 0.0292. The fourth-order valence-electron chi connectivity index (χ4n) is 1.61. The summed E-state index contributed by atoms with van der Waals surface area (Å²) in [6, 6.07) is 9.83. The number of hydrogen-bond donors (Lipinski definition) is 2. The first-order chi connectivity index (χ1) is 9.09. The summed E-state index contributed by atoms with van der Waals surface area (Å²) >= 11 is 0. The Labute approximate surface area is 108 Å². The predicted octanol–water partition coefficient (Wildman–Crippen LogP) is 2.60. The molecular formula is C14H11F2NO2. The molecular weight excluding hydrogens is 252 g/mol. The molecule has 0 aliphatic carbocycles. The Balaban J connectivity index is 2.10. The van der Waals surface area contributed by atoms with Gasteiger partial charge in [0.15, 0.2) is 11.6 Å². The number of phenols is 1. The van der Waals surface area contributed by atoms with Gasteiger partial charge in [-0.2, -0.15) is 0 Å². The average molecular weight is 263 g/mol. The molecule has 19 heavy (non-hydrogen) atoms. The summed E-state index contributed by atoms with van der Waals surface area (Å²) in [5, 5.41) is 11.9. The van der Waals surface area contributed by atoms with Crippen molar-refractivity contribution < 1.29 is 18.7 Å². The molecule has 0 fully saturated rings. The van der Waals surface area contributed by atoms with E-state index in [-0.39, 0.29) is 17.9 Å². The smallest absolute Gasteiger partial charge is 0.254 e. The third kappa shape index (κ3) is 2.88. The number of carbonyl (C=O) groups excluding carboxylic acids is 1. The van der Waals surface area contributed by atoms with Crippen molar-refractivity contribution in [3.05, 3.63) is 65.2 Å². The van der Waals surface area contributed by atoms with E-state index < -0.39 is 17.5 Å². The molecule has 0 heterocycles. The molecule has 2 rings (SSSR count). The van der Waals surface area contributed by atoms with Crippen molar-refractivity contribution in [2.24, 2.45) is 0 Å². The second kappa shape index (κ2) is 5.48. The van der Waals surface area contributed by atoms with Crippen LogP contribution in [-0.4, -0.2) is 11.0 Å². The van der Waals surface area contributed by atoms with Crippen LogP contribution >= 0.6 is 0 Å². The molecule has 0 radical (unpaired) electrons. The molecule has 2 N–H and O–H groups in total. The van der Waals surface area contributed by atoms with Crippen LogP contribution in [0.2, 0.25) is 0 Å². The lowest BCUT2D eigenvalue weighted by atomic mass is 10.1. The number of rotatable bonds is 3. The van der Waals surface area contributed by atoms with Crippen molar-refractivity contribution in [3.63, 3.8) is 0 Å². The van der Waals surface area contributed by atoms with Crippen LogP contribution in [0, 0.1) is 11.6 Å². The maximum atomic E-state index is 13.4. The van der Waals surface area contributed by atoms with Crippen molar-refractivity contribution in [1.82, 2.24) is 5.32 Å². The molecule has 2 aromatic carbocycles. The molecule has 0 saturated carbocycles. The molecule has 0 saturated heterocycles. The Bertz CT molecular complexity index is 614. The number of aromatic hydroxyl groups is 1. The van der Waals surface area contributed by atoms with Crippen molar-refractivity contribution >= 4 is 5.91 Å². The number of phenolic OH excluding ortho intramolecular Hbond substituents is 1. The number of benzene rings is 2. The number of amides is 1. The van der Waals surface area contributed by atoms with Gasteiger partial charge in [0.25, 0.3) is 5.91 Å². The fraction of sp³-hybridized carbons (Fsp3) is 0.0714. The van der Waals surface area contributed by atoms with Crippen molar-refractivity contribution in [3.8, 4) is 5.75 Å². The highest BCUT2D eigenvalue weighted by Crippen LogP contribution is 2.16. The van der Waals surface area contributed by atoms with Gasteiger partial charge < -0.3 is 10.4 Å². The maximum absolute atomic E-state index is 13.4. The molecule has 0 aliphatic rings. The lowest BCUT2D eigenvalue weighted by Gasteiger charge is -2.07. The Morgan fingerprint density at radius 1 is 1.11 bits per heavy atom. The van der Waals surface area contributed by atoms with Gasteiger partial charge in [-0.05, 0) is 18.2 Å². The van der Waals surface area contributed by atoms with Gasteiger partial charge in [-0.3, -0.25) is 4.79 Å². The van der Waals surface area contributed by atoms with E-state index in [4.69, 9.17) is 0 Å². The van der Waals surface area contributed by atoms with Crippen LogP contribution in [0.15, 0.2) is 42.5 Å². The molecule has 0 bridgehead atoms. The van der Waals surface area contributed by atoms with Gasteiger partial charge in [-0.25, -0.2) is 8.78 Å². The number of carbonyl (C=O) groups is 1. The van der Waals surface area contributed by atoms with Crippen LogP contribution in [0.4, 0.5) is 8.78 Å². The van der Waals surface area contributed by atoms with Gasteiger partial charge >= 0.3 is 0 Å². The molecule has 3 nitrogen and oxygen atoms in total. The van der Waals surface area contributed by atoms with E-state index in [0.29, 0.717) is 5.56 Å². The van der Waals surface area contributed by atoms with Crippen LogP contribution in [0.25, 0.3) is 0 Å². The average Bonchev–Trinajstić information content (AvgIpc) is 2.40. The Morgan fingerprint density at radius 2 is 1.84 bits per heavy atom. The van der Waals surface area contributed by atoms with Gasteiger partial charge in [0, 0.05) is 12.1 Å². The monoisotopic (exact) mass is 263 g/mol. The number of para-hydroxylation sites is 1. The van der Waals surface area contributed by atoms with Gasteiger partial charge in [0.2, 0.25) is 0 Å². The first kappa shape index (κ1) is 13.0. The first-order valence-corrected chi connectivity index (χ1v) is 5.58.